The highest BCUT2D eigenvalue weighted by atomic mass is 32.2. The van der Waals surface area contributed by atoms with Crippen LogP contribution in [0, 0.1) is 0 Å². The molecular formula is C14H26N2S. The van der Waals surface area contributed by atoms with Crippen molar-refractivity contribution in [3.8, 4) is 0 Å². The van der Waals surface area contributed by atoms with Crippen LogP contribution in [0.5, 0.6) is 0 Å². The van der Waals surface area contributed by atoms with Gasteiger partial charge in [0.15, 0.2) is 0 Å². The molecule has 3 rings (SSSR count). The van der Waals surface area contributed by atoms with Crippen molar-refractivity contribution in [2.24, 2.45) is 5.73 Å². The van der Waals surface area contributed by atoms with Crippen LogP contribution in [0.3, 0.4) is 0 Å². The van der Waals surface area contributed by atoms with E-state index in [1.54, 1.807) is 0 Å². The highest BCUT2D eigenvalue weighted by Gasteiger charge is 2.42. The normalized spacial score (nSPS) is 47.3. The van der Waals surface area contributed by atoms with Crippen molar-refractivity contribution in [2.45, 2.75) is 80.8 Å². The molecule has 0 radical (unpaired) electrons. The summed E-state index contributed by atoms with van der Waals surface area (Å²) in [5.74, 6) is 0. The molecule has 0 aromatic rings. The third-order valence-electron chi connectivity index (χ3n) is 5.18. The highest BCUT2D eigenvalue weighted by molar-refractivity contribution is 7.99. The second kappa shape index (κ2) is 5.10. The Labute approximate surface area is 110 Å². The smallest absolute Gasteiger partial charge is 0.0116 e. The van der Waals surface area contributed by atoms with E-state index in [2.05, 4.69) is 22.9 Å². The molecule has 2 N–H and O–H groups in total. The van der Waals surface area contributed by atoms with Crippen LogP contribution in [-0.4, -0.2) is 40.6 Å². The monoisotopic (exact) mass is 254 g/mol. The number of rotatable bonds is 2. The molecule has 4 unspecified atom stereocenters. The molecule has 0 aromatic heterocycles. The molecule has 0 aromatic carbocycles. The van der Waals surface area contributed by atoms with Crippen LogP contribution in [0.4, 0.5) is 0 Å². The van der Waals surface area contributed by atoms with E-state index in [-0.39, 0.29) is 0 Å². The number of nitrogens with two attached hydrogens (primary N) is 1. The minimum atomic E-state index is 0.485. The Hall–Kier alpha value is 0.270. The molecule has 3 fully saturated rings. The van der Waals surface area contributed by atoms with Gasteiger partial charge in [0.25, 0.3) is 0 Å². The number of piperidine rings is 2. The maximum absolute atomic E-state index is 6.21. The zero-order valence-electron chi connectivity index (χ0n) is 11.0. The second-order valence-electron chi connectivity index (χ2n) is 6.24. The Balaban J connectivity index is 1.70. The Morgan fingerprint density at radius 3 is 2.18 bits per heavy atom. The first-order chi connectivity index (χ1) is 8.28. The first kappa shape index (κ1) is 12.3. The van der Waals surface area contributed by atoms with Gasteiger partial charge >= 0.3 is 0 Å². The Kier molecular flexibility index (Phi) is 3.69. The van der Waals surface area contributed by atoms with Crippen molar-refractivity contribution in [3.05, 3.63) is 0 Å². The Morgan fingerprint density at radius 2 is 1.59 bits per heavy atom. The molecular weight excluding hydrogens is 228 g/mol. The molecule has 3 heteroatoms. The van der Waals surface area contributed by atoms with Gasteiger partial charge < -0.3 is 5.73 Å². The molecule has 2 heterocycles. The summed E-state index contributed by atoms with van der Waals surface area (Å²) < 4.78 is 0. The number of hydrogen-bond acceptors (Lipinski definition) is 3. The average molecular weight is 254 g/mol. The second-order valence-corrected chi connectivity index (χ2v) is 7.38. The first-order valence-corrected chi connectivity index (χ1v) is 8.62. The quantitative estimate of drug-likeness (QED) is 0.821. The van der Waals surface area contributed by atoms with E-state index in [4.69, 9.17) is 5.73 Å². The number of fused-ring (bicyclic) bond motifs is 2. The van der Waals surface area contributed by atoms with Crippen LogP contribution in [0.2, 0.25) is 0 Å². The third-order valence-corrected chi connectivity index (χ3v) is 6.27. The van der Waals surface area contributed by atoms with E-state index in [1.807, 2.05) is 0 Å². The molecule has 0 amide bonds. The summed E-state index contributed by atoms with van der Waals surface area (Å²) in [4.78, 5) is 2.91. The summed E-state index contributed by atoms with van der Waals surface area (Å²) in [5, 5.41) is 0.927. The molecule has 2 nitrogen and oxygen atoms in total. The standard InChI is InChI=1S/C14H26N2S/c1-17-14-6-5-13(9-14)16-11-3-2-4-12(16)8-10(15)7-11/h10-14H,2-9,15H2,1H3. The van der Waals surface area contributed by atoms with Crippen LogP contribution in [0.25, 0.3) is 0 Å². The fourth-order valence-electron chi connectivity index (χ4n) is 4.46. The van der Waals surface area contributed by atoms with E-state index in [0.717, 1.165) is 23.4 Å². The summed E-state index contributed by atoms with van der Waals surface area (Å²) in [6, 6.07) is 3.01. The lowest BCUT2D eigenvalue weighted by Crippen LogP contribution is -2.58. The van der Waals surface area contributed by atoms with Crippen LogP contribution in [-0.2, 0) is 0 Å². The summed E-state index contributed by atoms with van der Waals surface area (Å²) in [6.45, 7) is 0. The van der Waals surface area contributed by atoms with Gasteiger partial charge in [-0.25, -0.2) is 0 Å². The number of nitrogens with zero attached hydrogens (tertiary/aromatic N) is 1. The average Bonchev–Trinajstić information content (AvgIpc) is 2.76. The van der Waals surface area contributed by atoms with Crippen molar-refractivity contribution in [2.75, 3.05) is 6.26 Å². The van der Waals surface area contributed by atoms with Gasteiger partial charge in [-0.05, 0) is 51.2 Å². The van der Waals surface area contributed by atoms with Crippen LogP contribution in [0.1, 0.15) is 51.4 Å². The molecule has 3 aliphatic rings. The van der Waals surface area contributed by atoms with Crippen molar-refractivity contribution in [1.29, 1.82) is 0 Å². The van der Waals surface area contributed by atoms with E-state index in [1.165, 1.54) is 51.4 Å². The van der Waals surface area contributed by atoms with Crippen molar-refractivity contribution in [1.82, 2.24) is 4.90 Å². The third kappa shape index (κ3) is 2.39. The lowest BCUT2D eigenvalue weighted by Gasteiger charge is -2.51. The van der Waals surface area contributed by atoms with Gasteiger partial charge in [-0.2, -0.15) is 11.8 Å². The van der Waals surface area contributed by atoms with E-state index in [9.17, 15) is 0 Å². The lowest BCUT2D eigenvalue weighted by atomic mass is 9.81. The molecule has 0 spiro atoms. The molecule has 17 heavy (non-hydrogen) atoms. The predicted molar refractivity (Wildman–Crippen MR) is 75.4 cm³/mol. The largest absolute Gasteiger partial charge is 0.328 e. The molecule has 4 atom stereocenters. The molecule has 2 bridgehead atoms. The molecule has 1 saturated carbocycles. The summed E-state index contributed by atoms with van der Waals surface area (Å²) in [6.07, 6.45) is 13.4. The van der Waals surface area contributed by atoms with E-state index >= 15 is 0 Å². The molecule has 98 valence electrons. The molecule has 1 aliphatic carbocycles. The number of hydrogen-bond donors (Lipinski definition) is 1. The van der Waals surface area contributed by atoms with Gasteiger partial charge in [-0.1, -0.05) is 6.42 Å². The zero-order valence-corrected chi connectivity index (χ0v) is 11.8. The van der Waals surface area contributed by atoms with Crippen LogP contribution in [0.15, 0.2) is 0 Å². The minimum absolute atomic E-state index is 0.485. The first-order valence-electron chi connectivity index (χ1n) is 7.33. The summed E-state index contributed by atoms with van der Waals surface area (Å²) >= 11 is 2.08. The SMILES string of the molecule is CSC1CCC(N2C3CCCC2CC(N)C3)C1. The van der Waals surface area contributed by atoms with Gasteiger partial charge in [0.2, 0.25) is 0 Å². The van der Waals surface area contributed by atoms with Gasteiger partial charge in [0.05, 0.1) is 0 Å². The van der Waals surface area contributed by atoms with E-state index < -0.39 is 0 Å². The van der Waals surface area contributed by atoms with E-state index in [0.29, 0.717) is 6.04 Å². The van der Waals surface area contributed by atoms with Gasteiger partial charge in [0.1, 0.15) is 0 Å². The highest BCUT2D eigenvalue weighted by Crippen LogP contribution is 2.41. The zero-order chi connectivity index (χ0) is 11.8. The maximum atomic E-state index is 6.21. The minimum Gasteiger partial charge on any atom is -0.328 e. The van der Waals surface area contributed by atoms with Crippen molar-refractivity contribution in [3.63, 3.8) is 0 Å². The Bertz CT molecular complexity index is 257. The van der Waals surface area contributed by atoms with Crippen LogP contribution < -0.4 is 5.73 Å². The fourth-order valence-corrected chi connectivity index (χ4v) is 5.24. The molecule has 2 saturated heterocycles. The van der Waals surface area contributed by atoms with Crippen molar-refractivity contribution < 1.29 is 0 Å². The fraction of sp³-hybridized carbons (Fsp3) is 1.00. The summed E-state index contributed by atoms with van der Waals surface area (Å²) in [5.41, 5.74) is 6.21. The lowest BCUT2D eigenvalue weighted by molar-refractivity contribution is -0.00305. The Morgan fingerprint density at radius 1 is 0.941 bits per heavy atom. The van der Waals surface area contributed by atoms with Crippen LogP contribution >= 0.6 is 11.8 Å². The molecule has 2 aliphatic heterocycles. The van der Waals surface area contributed by atoms with Gasteiger partial charge in [-0.15, -0.1) is 0 Å². The van der Waals surface area contributed by atoms with Crippen molar-refractivity contribution >= 4 is 11.8 Å². The van der Waals surface area contributed by atoms with Gasteiger partial charge in [0, 0.05) is 29.4 Å². The number of thioether (sulfide) groups is 1. The topological polar surface area (TPSA) is 29.3 Å². The summed E-state index contributed by atoms with van der Waals surface area (Å²) in [7, 11) is 0. The predicted octanol–water partition coefficient (Wildman–Crippen LogP) is 2.61. The van der Waals surface area contributed by atoms with Gasteiger partial charge in [-0.3, -0.25) is 4.90 Å². The maximum Gasteiger partial charge on any atom is 0.0116 e.